The fourth-order valence-corrected chi connectivity index (χ4v) is 5.37. The van der Waals surface area contributed by atoms with Crippen molar-refractivity contribution in [3.8, 4) is 0 Å². The molecule has 0 unspecified atom stereocenters. The fourth-order valence-electron chi connectivity index (χ4n) is 3.84. The third-order valence-corrected chi connectivity index (χ3v) is 7.35. The predicted octanol–water partition coefficient (Wildman–Crippen LogP) is 2.29. The second kappa shape index (κ2) is 8.05. The fraction of sp³-hybridized carbons (Fsp3) is 0.500. The number of piperidine rings is 1. The van der Waals surface area contributed by atoms with E-state index in [4.69, 9.17) is 4.98 Å². The summed E-state index contributed by atoms with van der Waals surface area (Å²) in [7, 11) is -3.45. The van der Waals surface area contributed by atoms with E-state index in [1.807, 2.05) is 25.3 Å². The van der Waals surface area contributed by atoms with Crippen LogP contribution in [0.1, 0.15) is 24.8 Å². The van der Waals surface area contributed by atoms with Crippen molar-refractivity contribution in [1.29, 1.82) is 0 Å². The van der Waals surface area contributed by atoms with Gasteiger partial charge in [-0.05, 0) is 49.9 Å². The van der Waals surface area contributed by atoms with Crippen LogP contribution in [0.3, 0.4) is 0 Å². The van der Waals surface area contributed by atoms with Gasteiger partial charge in [0.25, 0.3) is 0 Å². The lowest BCUT2D eigenvalue weighted by Crippen LogP contribution is -2.49. The van der Waals surface area contributed by atoms with Crippen LogP contribution >= 0.6 is 0 Å². The van der Waals surface area contributed by atoms with Gasteiger partial charge >= 0.3 is 0 Å². The lowest BCUT2D eigenvalue weighted by molar-refractivity contribution is 0.383. The number of benzene rings is 1. The Balaban J connectivity index is 1.44. The standard InChI is InChI=1S/C20H27N5O2S/c1-17-6-5-7-18(16-17)28(26,27)25-14-12-23(13-15-25)19-8-9-21-20(22-19)24-10-3-2-4-11-24/h5-9,16H,2-4,10-15H2,1H3. The summed E-state index contributed by atoms with van der Waals surface area (Å²) in [6.07, 6.45) is 5.45. The second-order valence-electron chi connectivity index (χ2n) is 7.47. The minimum Gasteiger partial charge on any atom is -0.354 e. The summed E-state index contributed by atoms with van der Waals surface area (Å²) in [4.78, 5) is 14.0. The van der Waals surface area contributed by atoms with Crippen molar-refractivity contribution in [2.75, 3.05) is 49.1 Å². The molecule has 2 fully saturated rings. The number of hydrogen-bond donors (Lipinski definition) is 0. The Bertz CT molecular complexity index is 920. The zero-order valence-corrected chi connectivity index (χ0v) is 17.1. The highest BCUT2D eigenvalue weighted by Crippen LogP contribution is 2.22. The van der Waals surface area contributed by atoms with Crippen LogP contribution in [-0.4, -0.2) is 62.0 Å². The molecule has 150 valence electrons. The van der Waals surface area contributed by atoms with Gasteiger partial charge in [0.1, 0.15) is 5.82 Å². The van der Waals surface area contributed by atoms with Gasteiger partial charge in [0, 0.05) is 45.5 Å². The van der Waals surface area contributed by atoms with Crippen LogP contribution in [0.2, 0.25) is 0 Å². The van der Waals surface area contributed by atoms with Crippen molar-refractivity contribution in [3.05, 3.63) is 42.1 Å². The molecule has 0 aliphatic carbocycles. The molecule has 0 saturated carbocycles. The number of piperazine rings is 1. The smallest absolute Gasteiger partial charge is 0.243 e. The van der Waals surface area contributed by atoms with Gasteiger partial charge in [-0.2, -0.15) is 9.29 Å². The molecule has 1 aromatic carbocycles. The van der Waals surface area contributed by atoms with Crippen molar-refractivity contribution < 1.29 is 8.42 Å². The first kappa shape index (κ1) is 19.1. The van der Waals surface area contributed by atoms with Crippen molar-refractivity contribution in [1.82, 2.24) is 14.3 Å². The van der Waals surface area contributed by atoms with Gasteiger partial charge < -0.3 is 9.80 Å². The first-order valence-electron chi connectivity index (χ1n) is 9.94. The summed E-state index contributed by atoms with van der Waals surface area (Å²) in [6.45, 7) is 6.09. The quantitative estimate of drug-likeness (QED) is 0.783. The summed E-state index contributed by atoms with van der Waals surface area (Å²) >= 11 is 0. The summed E-state index contributed by atoms with van der Waals surface area (Å²) < 4.78 is 27.4. The lowest BCUT2D eigenvalue weighted by atomic mass is 10.1. The third kappa shape index (κ3) is 3.98. The van der Waals surface area contributed by atoms with E-state index >= 15 is 0 Å². The first-order valence-corrected chi connectivity index (χ1v) is 11.4. The zero-order chi connectivity index (χ0) is 19.6. The van der Waals surface area contributed by atoms with E-state index in [0.717, 1.165) is 30.4 Å². The SMILES string of the molecule is Cc1cccc(S(=O)(=O)N2CCN(c3ccnc(N4CCCCC4)n3)CC2)c1. The Morgan fingerprint density at radius 1 is 0.893 bits per heavy atom. The topological polar surface area (TPSA) is 69.6 Å². The largest absolute Gasteiger partial charge is 0.354 e. The first-order chi connectivity index (χ1) is 13.5. The second-order valence-corrected chi connectivity index (χ2v) is 9.41. The molecule has 0 bridgehead atoms. The average Bonchev–Trinajstić information content (AvgIpc) is 2.74. The summed E-state index contributed by atoms with van der Waals surface area (Å²) in [5.41, 5.74) is 0.950. The number of hydrogen-bond acceptors (Lipinski definition) is 6. The Hall–Kier alpha value is -2.19. The molecule has 0 N–H and O–H groups in total. The molecule has 8 heteroatoms. The number of rotatable bonds is 4. The number of nitrogens with zero attached hydrogens (tertiary/aromatic N) is 5. The number of sulfonamides is 1. The molecule has 2 aromatic rings. The van der Waals surface area contributed by atoms with Gasteiger partial charge in [0.2, 0.25) is 16.0 Å². The molecule has 7 nitrogen and oxygen atoms in total. The molecule has 4 rings (SSSR count). The summed E-state index contributed by atoms with van der Waals surface area (Å²) in [6, 6.07) is 9.02. The van der Waals surface area contributed by atoms with Crippen LogP contribution in [0, 0.1) is 6.92 Å². The van der Waals surface area contributed by atoms with Gasteiger partial charge in [-0.3, -0.25) is 0 Å². The molecule has 0 atom stereocenters. The van der Waals surface area contributed by atoms with Gasteiger partial charge in [0.15, 0.2) is 0 Å². The van der Waals surface area contributed by atoms with Crippen molar-refractivity contribution in [2.24, 2.45) is 0 Å². The lowest BCUT2D eigenvalue weighted by Gasteiger charge is -2.35. The molecule has 2 aliphatic rings. The van der Waals surface area contributed by atoms with Gasteiger partial charge in [-0.25, -0.2) is 13.4 Å². The van der Waals surface area contributed by atoms with Gasteiger partial charge in [-0.1, -0.05) is 12.1 Å². The molecule has 2 aliphatic heterocycles. The molecular weight excluding hydrogens is 374 g/mol. The van der Waals surface area contributed by atoms with E-state index < -0.39 is 10.0 Å². The number of aryl methyl sites for hydroxylation is 1. The molecule has 0 radical (unpaired) electrons. The number of aromatic nitrogens is 2. The predicted molar refractivity (Wildman–Crippen MR) is 110 cm³/mol. The van der Waals surface area contributed by atoms with Crippen LogP contribution in [0.15, 0.2) is 41.4 Å². The average molecular weight is 402 g/mol. The van der Waals surface area contributed by atoms with Crippen LogP contribution in [0.4, 0.5) is 11.8 Å². The van der Waals surface area contributed by atoms with Crippen LogP contribution in [0.25, 0.3) is 0 Å². The maximum absolute atomic E-state index is 12.9. The Labute approximate surface area is 167 Å². The van der Waals surface area contributed by atoms with E-state index in [0.29, 0.717) is 31.1 Å². The summed E-state index contributed by atoms with van der Waals surface area (Å²) in [5, 5.41) is 0. The zero-order valence-electron chi connectivity index (χ0n) is 16.3. The molecule has 1 aromatic heterocycles. The maximum atomic E-state index is 12.9. The highest BCUT2D eigenvalue weighted by atomic mass is 32.2. The molecule has 3 heterocycles. The molecule has 2 saturated heterocycles. The van der Waals surface area contributed by atoms with Gasteiger partial charge in [-0.15, -0.1) is 0 Å². The third-order valence-electron chi connectivity index (χ3n) is 5.46. The summed E-state index contributed by atoms with van der Waals surface area (Å²) in [5.74, 6) is 1.66. The van der Waals surface area contributed by atoms with Crippen LogP contribution in [0.5, 0.6) is 0 Å². The van der Waals surface area contributed by atoms with Crippen LogP contribution in [-0.2, 0) is 10.0 Å². The van der Waals surface area contributed by atoms with E-state index in [1.165, 1.54) is 19.3 Å². The Kier molecular flexibility index (Phi) is 5.50. The molecule has 0 spiro atoms. The highest BCUT2D eigenvalue weighted by Gasteiger charge is 2.29. The maximum Gasteiger partial charge on any atom is 0.243 e. The minimum atomic E-state index is -3.45. The van der Waals surface area contributed by atoms with E-state index in [1.54, 1.807) is 22.5 Å². The Morgan fingerprint density at radius 3 is 2.36 bits per heavy atom. The monoisotopic (exact) mass is 401 g/mol. The Morgan fingerprint density at radius 2 is 1.64 bits per heavy atom. The number of anilines is 2. The van der Waals surface area contributed by atoms with E-state index in [9.17, 15) is 8.42 Å². The van der Waals surface area contributed by atoms with E-state index in [2.05, 4.69) is 14.8 Å². The van der Waals surface area contributed by atoms with Gasteiger partial charge in [0.05, 0.1) is 4.90 Å². The van der Waals surface area contributed by atoms with Crippen LogP contribution < -0.4 is 9.80 Å². The van der Waals surface area contributed by atoms with Crippen molar-refractivity contribution in [3.63, 3.8) is 0 Å². The molecular formula is C20H27N5O2S. The minimum absolute atomic E-state index is 0.371. The normalized spacial score (nSPS) is 19.0. The van der Waals surface area contributed by atoms with E-state index in [-0.39, 0.29) is 0 Å². The molecule has 0 amide bonds. The molecule has 28 heavy (non-hydrogen) atoms. The van der Waals surface area contributed by atoms with Crippen molar-refractivity contribution >= 4 is 21.8 Å². The van der Waals surface area contributed by atoms with Crippen molar-refractivity contribution in [2.45, 2.75) is 31.1 Å². The highest BCUT2D eigenvalue weighted by molar-refractivity contribution is 7.89.